The quantitative estimate of drug-likeness (QED) is 0.804. The maximum absolute atomic E-state index is 10.4. The number of aromatic nitrogens is 1. The first-order chi connectivity index (χ1) is 9.61. The minimum atomic E-state index is -0.467. The molecule has 2 N–H and O–H groups in total. The van der Waals surface area contributed by atoms with Crippen LogP contribution in [-0.2, 0) is 6.54 Å². The van der Waals surface area contributed by atoms with Gasteiger partial charge < -0.3 is 10.4 Å². The second-order valence-electron chi connectivity index (χ2n) is 6.08. The Bertz CT molecular complexity index is 399. The lowest BCUT2D eigenvalue weighted by Gasteiger charge is -2.28. The van der Waals surface area contributed by atoms with Gasteiger partial charge in [0.05, 0.1) is 5.60 Å². The molecular weight excluding hydrogens is 250 g/mol. The molecule has 0 bridgehead atoms. The van der Waals surface area contributed by atoms with Crippen molar-refractivity contribution in [3.8, 4) is 0 Å². The van der Waals surface area contributed by atoms with Gasteiger partial charge in [-0.1, -0.05) is 25.8 Å². The molecule has 0 spiro atoms. The van der Waals surface area contributed by atoms with Crippen LogP contribution in [0.5, 0.6) is 0 Å². The molecule has 20 heavy (non-hydrogen) atoms. The summed E-state index contributed by atoms with van der Waals surface area (Å²) >= 11 is 0. The van der Waals surface area contributed by atoms with Gasteiger partial charge in [-0.25, -0.2) is 4.98 Å². The Kier molecular flexibility index (Phi) is 5.38. The predicted molar refractivity (Wildman–Crippen MR) is 82.8 cm³/mol. The van der Waals surface area contributed by atoms with Crippen LogP contribution in [0.15, 0.2) is 18.3 Å². The number of aliphatic hydroxyl groups is 1. The van der Waals surface area contributed by atoms with Crippen LogP contribution in [0.1, 0.15) is 44.6 Å². The van der Waals surface area contributed by atoms with Crippen molar-refractivity contribution >= 4 is 5.82 Å². The number of nitrogens with zero attached hydrogens (tertiary/aromatic N) is 2. The molecule has 0 unspecified atom stereocenters. The topological polar surface area (TPSA) is 48.4 Å². The van der Waals surface area contributed by atoms with Crippen molar-refractivity contribution in [2.24, 2.45) is 0 Å². The van der Waals surface area contributed by atoms with Crippen molar-refractivity contribution in [3.63, 3.8) is 0 Å². The molecule has 0 saturated heterocycles. The summed E-state index contributed by atoms with van der Waals surface area (Å²) in [7, 11) is 2.07. The first kappa shape index (κ1) is 15.3. The summed E-state index contributed by atoms with van der Waals surface area (Å²) in [4.78, 5) is 6.61. The van der Waals surface area contributed by atoms with Crippen LogP contribution in [-0.4, -0.2) is 40.7 Å². The molecule has 1 aromatic heterocycles. The van der Waals surface area contributed by atoms with E-state index in [9.17, 15) is 5.11 Å². The summed E-state index contributed by atoms with van der Waals surface area (Å²) in [5.41, 5.74) is 0.723. The largest absolute Gasteiger partial charge is 0.389 e. The fraction of sp³-hybridized carbons (Fsp3) is 0.688. The van der Waals surface area contributed by atoms with Gasteiger partial charge in [-0.15, -0.1) is 0 Å². The van der Waals surface area contributed by atoms with Crippen LogP contribution < -0.4 is 5.32 Å². The highest BCUT2D eigenvalue weighted by Gasteiger charge is 2.31. The van der Waals surface area contributed by atoms with Gasteiger partial charge in [-0.2, -0.15) is 0 Å². The molecule has 1 aliphatic carbocycles. The molecule has 2 rings (SSSR count). The summed E-state index contributed by atoms with van der Waals surface area (Å²) in [5, 5.41) is 13.7. The highest BCUT2D eigenvalue weighted by Crippen LogP contribution is 2.30. The van der Waals surface area contributed by atoms with E-state index in [1.807, 2.05) is 12.3 Å². The zero-order chi connectivity index (χ0) is 14.4. The van der Waals surface area contributed by atoms with Crippen molar-refractivity contribution in [1.82, 2.24) is 9.88 Å². The number of hydrogen-bond acceptors (Lipinski definition) is 4. The Morgan fingerprint density at radius 3 is 2.70 bits per heavy atom. The molecule has 112 valence electrons. The second-order valence-corrected chi connectivity index (χ2v) is 6.08. The van der Waals surface area contributed by atoms with Crippen LogP contribution in [0.3, 0.4) is 0 Å². The molecule has 0 aromatic carbocycles. The zero-order valence-electron chi connectivity index (χ0n) is 12.7. The molecule has 0 radical (unpaired) electrons. The van der Waals surface area contributed by atoms with E-state index in [1.165, 1.54) is 5.56 Å². The Hall–Kier alpha value is -1.13. The van der Waals surface area contributed by atoms with Crippen molar-refractivity contribution in [3.05, 3.63) is 23.9 Å². The van der Waals surface area contributed by atoms with Crippen LogP contribution in [0.25, 0.3) is 0 Å². The lowest BCUT2D eigenvalue weighted by Crippen LogP contribution is -2.38. The minimum absolute atomic E-state index is 0.467. The summed E-state index contributed by atoms with van der Waals surface area (Å²) in [6.07, 6.45) is 7.22. The molecule has 1 aromatic rings. The summed E-state index contributed by atoms with van der Waals surface area (Å²) < 4.78 is 0. The van der Waals surface area contributed by atoms with Gasteiger partial charge in [0.1, 0.15) is 5.82 Å². The van der Waals surface area contributed by atoms with E-state index in [-0.39, 0.29) is 0 Å². The fourth-order valence-electron chi connectivity index (χ4n) is 2.94. The van der Waals surface area contributed by atoms with E-state index in [1.54, 1.807) is 0 Å². The van der Waals surface area contributed by atoms with E-state index in [0.717, 1.165) is 57.6 Å². The van der Waals surface area contributed by atoms with Crippen molar-refractivity contribution in [2.45, 2.75) is 51.2 Å². The summed E-state index contributed by atoms with van der Waals surface area (Å²) in [6.45, 7) is 4.69. The molecule has 1 fully saturated rings. The predicted octanol–water partition coefficient (Wildman–Crippen LogP) is 2.64. The van der Waals surface area contributed by atoms with Gasteiger partial charge in [-0.05, 0) is 37.9 Å². The first-order valence-corrected chi connectivity index (χ1v) is 7.71. The maximum Gasteiger partial charge on any atom is 0.125 e. The molecule has 1 saturated carbocycles. The van der Waals surface area contributed by atoms with Gasteiger partial charge >= 0.3 is 0 Å². The Morgan fingerprint density at radius 1 is 1.35 bits per heavy atom. The van der Waals surface area contributed by atoms with Gasteiger partial charge in [-0.3, -0.25) is 4.90 Å². The second kappa shape index (κ2) is 7.04. The van der Waals surface area contributed by atoms with Crippen LogP contribution in [0, 0.1) is 0 Å². The van der Waals surface area contributed by atoms with Crippen LogP contribution in [0.2, 0.25) is 0 Å². The highest BCUT2D eigenvalue weighted by molar-refractivity contribution is 5.35. The minimum Gasteiger partial charge on any atom is -0.389 e. The number of hydrogen-bond donors (Lipinski definition) is 2. The number of nitrogens with one attached hydrogen (secondary N) is 1. The van der Waals surface area contributed by atoms with Crippen LogP contribution >= 0.6 is 0 Å². The van der Waals surface area contributed by atoms with Crippen molar-refractivity contribution in [1.29, 1.82) is 0 Å². The van der Waals surface area contributed by atoms with Gasteiger partial charge in [0.2, 0.25) is 0 Å². The molecule has 0 aliphatic heterocycles. The van der Waals surface area contributed by atoms with E-state index >= 15 is 0 Å². The van der Waals surface area contributed by atoms with Crippen LogP contribution in [0.4, 0.5) is 5.82 Å². The first-order valence-electron chi connectivity index (χ1n) is 7.71. The average Bonchev–Trinajstić information content (AvgIpc) is 2.84. The fourth-order valence-corrected chi connectivity index (χ4v) is 2.94. The van der Waals surface area contributed by atoms with Gasteiger partial charge in [0.25, 0.3) is 0 Å². The molecule has 4 heteroatoms. The monoisotopic (exact) mass is 277 g/mol. The smallest absolute Gasteiger partial charge is 0.125 e. The van der Waals surface area contributed by atoms with Gasteiger partial charge in [0.15, 0.2) is 0 Å². The molecular formula is C16H27N3O. The lowest BCUT2D eigenvalue weighted by atomic mass is 10.0. The zero-order valence-corrected chi connectivity index (χ0v) is 12.7. The Labute approximate surface area is 122 Å². The number of anilines is 1. The molecule has 1 heterocycles. The lowest BCUT2D eigenvalue weighted by molar-refractivity contribution is 0.0145. The number of pyridine rings is 1. The number of rotatable bonds is 7. The number of likely N-dealkylation sites (N-methyl/N-ethyl adjacent to an activating group) is 1. The molecule has 1 aliphatic rings. The average molecular weight is 277 g/mol. The Morgan fingerprint density at radius 2 is 2.10 bits per heavy atom. The van der Waals surface area contributed by atoms with Gasteiger partial charge in [0, 0.05) is 25.8 Å². The Balaban J connectivity index is 1.83. The third kappa shape index (κ3) is 4.46. The summed E-state index contributed by atoms with van der Waals surface area (Å²) in [5.74, 6) is 0.938. The molecule has 0 amide bonds. The van der Waals surface area contributed by atoms with E-state index in [4.69, 9.17) is 0 Å². The third-order valence-corrected chi connectivity index (χ3v) is 3.93. The maximum atomic E-state index is 10.4. The van der Waals surface area contributed by atoms with E-state index in [2.05, 4.69) is 35.2 Å². The standard InChI is InChI=1S/C16H27N3O/c1-3-10-17-15-7-6-14(11-18-15)12-19(2)13-16(20)8-4-5-9-16/h6-7,11,20H,3-5,8-10,12-13H2,1-2H3,(H,17,18). The van der Waals surface area contributed by atoms with E-state index in [0.29, 0.717) is 0 Å². The van der Waals surface area contributed by atoms with E-state index < -0.39 is 5.60 Å². The normalized spacial score (nSPS) is 17.6. The summed E-state index contributed by atoms with van der Waals surface area (Å²) in [6, 6.07) is 4.14. The molecule has 0 atom stereocenters. The molecule has 4 nitrogen and oxygen atoms in total. The highest BCUT2D eigenvalue weighted by atomic mass is 16.3. The van der Waals surface area contributed by atoms with Crippen molar-refractivity contribution < 1.29 is 5.11 Å². The van der Waals surface area contributed by atoms with Crippen molar-refractivity contribution in [2.75, 3.05) is 25.5 Å². The third-order valence-electron chi connectivity index (χ3n) is 3.93. The SMILES string of the molecule is CCCNc1ccc(CN(C)CC2(O)CCCC2)cn1.